The lowest BCUT2D eigenvalue weighted by molar-refractivity contribution is 0.174. The number of anilines is 1. The number of nitrogens with one attached hydrogen (secondary N) is 1. The van der Waals surface area contributed by atoms with E-state index in [0.29, 0.717) is 11.6 Å². The maximum Gasteiger partial charge on any atom is 0.231 e. The van der Waals surface area contributed by atoms with Gasteiger partial charge in [0.2, 0.25) is 6.79 Å². The number of hydrogen-bond donors (Lipinski definition) is 2. The average molecular weight is 357 g/mol. The van der Waals surface area contributed by atoms with E-state index in [9.17, 15) is 5.11 Å². The molecule has 1 heterocycles. The minimum Gasteiger partial charge on any atom is -0.506 e. The van der Waals surface area contributed by atoms with Crippen molar-refractivity contribution in [2.24, 2.45) is 0 Å². The van der Waals surface area contributed by atoms with Crippen LogP contribution in [-0.2, 0) is 6.54 Å². The predicted octanol–water partition coefficient (Wildman–Crippen LogP) is 4.15. The molecule has 2 aromatic carbocycles. The van der Waals surface area contributed by atoms with Crippen LogP contribution in [0.1, 0.15) is 5.56 Å². The van der Waals surface area contributed by atoms with Crippen molar-refractivity contribution in [3.8, 4) is 17.2 Å². The Hall–Kier alpha value is -1.59. The molecule has 0 saturated heterocycles. The zero-order valence-electron chi connectivity index (χ0n) is 10.3. The number of rotatable bonds is 3. The number of phenols is 1. The summed E-state index contributed by atoms with van der Waals surface area (Å²) < 4.78 is 11.6. The molecular weight excluding hydrogens is 346 g/mol. The van der Waals surface area contributed by atoms with Gasteiger partial charge in [0.05, 0.1) is 5.02 Å². The molecule has 20 heavy (non-hydrogen) atoms. The highest BCUT2D eigenvalue weighted by Gasteiger charge is 2.16. The van der Waals surface area contributed by atoms with Crippen LogP contribution >= 0.6 is 27.5 Å². The summed E-state index contributed by atoms with van der Waals surface area (Å²) in [5.41, 5.74) is 1.87. The van der Waals surface area contributed by atoms with Gasteiger partial charge in [-0.15, -0.1) is 0 Å². The quantitative estimate of drug-likeness (QED) is 0.811. The Labute approximate surface area is 129 Å². The van der Waals surface area contributed by atoms with Crippen molar-refractivity contribution in [2.75, 3.05) is 12.1 Å². The highest BCUT2D eigenvalue weighted by molar-refractivity contribution is 9.10. The SMILES string of the molecule is Oc1ccc(NCc2cc3c(cc2Br)OCO3)cc1Cl. The smallest absolute Gasteiger partial charge is 0.231 e. The average Bonchev–Trinajstić information content (AvgIpc) is 2.87. The van der Waals surface area contributed by atoms with Gasteiger partial charge in [0.1, 0.15) is 5.75 Å². The van der Waals surface area contributed by atoms with Crippen molar-refractivity contribution in [3.05, 3.63) is 45.4 Å². The van der Waals surface area contributed by atoms with Crippen molar-refractivity contribution >= 4 is 33.2 Å². The Morgan fingerprint density at radius 3 is 2.70 bits per heavy atom. The van der Waals surface area contributed by atoms with Crippen LogP contribution in [0.25, 0.3) is 0 Å². The van der Waals surface area contributed by atoms with Gasteiger partial charge >= 0.3 is 0 Å². The zero-order chi connectivity index (χ0) is 14.1. The molecule has 0 bridgehead atoms. The fraction of sp³-hybridized carbons (Fsp3) is 0.143. The fourth-order valence-electron chi connectivity index (χ4n) is 1.91. The lowest BCUT2D eigenvalue weighted by atomic mass is 10.2. The summed E-state index contributed by atoms with van der Waals surface area (Å²) in [6.45, 7) is 0.852. The summed E-state index contributed by atoms with van der Waals surface area (Å²) in [5.74, 6) is 1.56. The summed E-state index contributed by atoms with van der Waals surface area (Å²) in [7, 11) is 0. The molecule has 2 N–H and O–H groups in total. The molecule has 104 valence electrons. The van der Waals surface area contributed by atoms with Gasteiger partial charge in [0.25, 0.3) is 0 Å². The van der Waals surface area contributed by atoms with Crippen molar-refractivity contribution in [1.82, 2.24) is 0 Å². The van der Waals surface area contributed by atoms with E-state index in [4.69, 9.17) is 21.1 Å². The lowest BCUT2D eigenvalue weighted by Gasteiger charge is -2.10. The summed E-state index contributed by atoms with van der Waals surface area (Å²) in [4.78, 5) is 0. The molecule has 0 spiro atoms. The van der Waals surface area contributed by atoms with Crippen LogP contribution in [0, 0.1) is 0 Å². The van der Waals surface area contributed by atoms with Gasteiger partial charge in [-0.25, -0.2) is 0 Å². The van der Waals surface area contributed by atoms with Crippen LogP contribution in [0.3, 0.4) is 0 Å². The van der Waals surface area contributed by atoms with Gasteiger partial charge in [-0.2, -0.15) is 0 Å². The largest absolute Gasteiger partial charge is 0.506 e. The molecule has 0 saturated carbocycles. The molecule has 0 fully saturated rings. The van der Waals surface area contributed by atoms with Gasteiger partial charge in [0, 0.05) is 16.7 Å². The first-order chi connectivity index (χ1) is 9.63. The maximum atomic E-state index is 9.38. The Balaban J connectivity index is 1.76. The molecular formula is C14H11BrClNO3. The first-order valence-corrected chi connectivity index (χ1v) is 7.11. The van der Waals surface area contributed by atoms with E-state index in [-0.39, 0.29) is 12.5 Å². The minimum absolute atomic E-state index is 0.0708. The van der Waals surface area contributed by atoms with E-state index in [1.165, 1.54) is 0 Å². The van der Waals surface area contributed by atoms with Crippen LogP contribution in [-0.4, -0.2) is 11.9 Å². The molecule has 1 aliphatic heterocycles. The number of ether oxygens (including phenoxy) is 2. The summed E-state index contributed by atoms with van der Waals surface area (Å²) in [6.07, 6.45) is 0. The fourth-order valence-corrected chi connectivity index (χ4v) is 2.55. The second-order valence-electron chi connectivity index (χ2n) is 4.32. The highest BCUT2D eigenvalue weighted by atomic mass is 79.9. The third-order valence-electron chi connectivity index (χ3n) is 2.97. The molecule has 0 atom stereocenters. The van der Waals surface area contributed by atoms with Gasteiger partial charge in [-0.05, 0) is 35.9 Å². The summed E-state index contributed by atoms with van der Waals surface area (Å²) >= 11 is 9.38. The summed E-state index contributed by atoms with van der Waals surface area (Å²) in [5, 5.41) is 12.9. The molecule has 0 amide bonds. The molecule has 0 aliphatic carbocycles. The molecule has 0 aromatic heterocycles. The Bertz CT molecular complexity index is 663. The van der Waals surface area contributed by atoms with Gasteiger partial charge in [-0.1, -0.05) is 27.5 Å². The molecule has 0 radical (unpaired) electrons. The molecule has 6 heteroatoms. The van der Waals surface area contributed by atoms with Gasteiger partial charge in [-0.3, -0.25) is 0 Å². The van der Waals surface area contributed by atoms with Crippen LogP contribution in [0.5, 0.6) is 17.2 Å². The van der Waals surface area contributed by atoms with Gasteiger partial charge < -0.3 is 19.9 Å². The molecule has 4 nitrogen and oxygen atoms in total. The summed E-state index contributed by atoms with van der Waals surface area (Å²) in [6, 6.07) is 8.82. The van der Waals surface area contributed by atoms with E-state index >= 15 is 0 Å². The van der Waals surface area contributed by atoms with E-state index in [0.717, 1.165) is 27.2 Å². The minimum atomic E-state index is 0.0708. The standard InChI is InChI=1S/C14H11BrClNO3/c15-10-5-14-13(19-7-20-14)3-8(10)6-17-9-1-2-12(18)11(16)4-9/h1-5,17-18H,6-7H2. The number of hydrogen-bond acceptors (Lipinski definition) is 4. The number of fused-ring (bicyclic) bond motifs is 1. The molecule has 3 rings (SSSR count). The van der Waals surface area contributed by atoms with E-state index in [1.54, 1.807) is 18.2 Å². The van der Waals surface area contributed by atoms with Crippen LogP contribution < -0.4 is 14.8 Å². The highest BCUT2D eigenvalue weighted by Crippen LogP contribution is 2.37. The van der Waals surface area contributed by atoms with E-state index < -0.39 is 0 Å². The van der Waals surface area contributed by atoms with Crippen molar-refractivity contribution in [3.63, 3.8) is 0 Å². The monoisotopic (exact) mass is 355 g/mol. The Kier molecular flexibility index (Phi) is 3.63. The zero-order valence-corrected chi connectivity index (χ0v) is 12.7. The number of aromatic hydroxyl groups is 1. The third kappa shape index (κ3) is 2.64. The topological polar surface area (TPSA) is 50.7 Å². The number of halogens is 2. The Morgan fingerprint density at radius 1 is 1.20 bits per heavy atom. The van der Waals surface area contributed by atoms with Crippen LogP contribution in [0.15, 0.2) is 34.8 Å². The van der Waals surface area contributed by atoms with Crippen molar-refractivity contribution in [2.45, 2.75) is 6.54 Å². The first kappa shape index (κ1) is 13.4. The third-order valence-corrected chi connectivity index (χ3v) is 4.01. The normalized spacial score (nSPS) is 12.5. The van der Waals surface area contributed by atoms with E-state index in [1.807, 2.05) is 12.1 Å². The van der Waals surface area contributed by atoms with Crippen LogP contribution in [0.4, 0.5) is 5.69 Å². The predicted molar refractivity (Wildman–Crippen MR) is 80.7 cm³/mol. The van der Waals surface area contributed by atoms with Crippen molar-refractivity contribution in [1.29, 1.82) is 0 Å². The molecule has 2 aromatic rings. The van der Waals surface area contributed by atoms with E-state index in [2.05, 4.69) is 21.2 Å². The first-order valence-electron chi connectivity index (χ1n) is 5.94. The molecule has 0 unspecified atom stereocenters. The number of benzene rings is 2. The van der Waals surface area contributed by atoms with Crippen LogP contribution in [0.2, 0.25) is 5.02 Å². The Morgan fingerprint density at radius 2 is 1.95 bits per heavy atom. The maximum absolute atomic E-state index is 9.38. The number of phenolic OH excluding ortho intramolecular Hbond substituents is 1. The lowest BCUT2D eigenvalue weighted by Crippen LogP contribution is -2.00. The van der Waals surface area contributed by atoms with Crippen molar-refractivity contribution < 1.29 is 14.6 Å². The second kappa shape index (κ2) is 5.42. The van der Waals surface area contributed by atoms with Gasteiger partial charge in [0.15, 0.2) is 11.5 Å². The molecule has 1 aliphatic rings. The second-order valence-corrected chi connectivity index (χ2v) is 5.58.